The molecular weight excluding hydrogens is 448 g/mol. The third-order valence-electron chi connectivity index (χ3n) is 7.75. The number of unbranched alkanes of at least 4 members (excludes halogenated alkanes) is 3. The zero-order chi connectivity index (χ0) is 24.7. The van der Waals surface area contributed by atoms with Crippen LogP contribution in [0.3, 0.4) is 0 Å². The van der Waals surface area contributed by atoms with Crippen LogP contribution in [0.15, 0.2) is 0 Å². The summed E-state index contributed by atoms with van der Waals surface area (Å²) in [4.78, 5) is 0. The van der Waals surface area contributed by atoms with E-state index in [-0.39, 0.29) is 10.6 Å². The molecule has 0 aromatic heterocycles. The lowest BCUT2D eigenvalue weighted by Gasteiger charge is -2.45. The van der Waals surface area contributed by atoms with Gasteiger partial charge in [0.2, 0.25) is 11.6 Å². The average molecular weight is 492 g/mol. The van der Waals surface area contributed by atoms with E-state index in [2.05, 4.69) is 20.8 Å². The van der Waals surface area contributed by atoms with Gasteiger partial charge in [-0.05, 0) is 16.6 Å². The number of halogens is 4. The van der Waals surface area contributed by atoms with Gasteiger partial charge >= 0.3 is 0 Å². The summed E-state index contributed by atoms with van der Waals surface area (Å²) in [5, 5.41) is -0.374. The molecule has 0 amide bonds. The fraction of sp³-hybridized carbons (Fsp3) is 0.760. The van der Waals surface area contributed by atoms with Crippen LogP contribution in [0.25, 0.3) is 0 Å². The summed E-state index contributed by atoms with van der Waals surface area (Å²) < 4.78 is 62.4. The fourth-order valence-corrected chi connectivity index (χ4v) is 13.7. The average Bonchev–Trinajstić information content (AvgIpc) is 2.72. The van der Waals surface area contributed by atoms with Crippen LogP contribution >= 0.6 is 0 Å². The zero-order valence-corrected chi connectivity index (χ0v) is 23.4. The Labute approximate surface area is 195 Å². The highest BCUT2D eigenvalue weighted by molar-refractivity contribution is 6.79. The molecule has 0 aliphatic heterocycles. The molecular formula is C25H43F4OSi2. The van der Waals surface area contributed by atoms with E-state index in [4.69, 9.17) is 4.43 Å². The lowest BCUT2D eigenvalue weighted by Crippen LogP contribution is -2.53. The Morgan fingerprint density at radius 1 is 0.781 bits per heavy atom. The first-order valence-corrected chi connectivity index (χ1v) is 17.3. The van der Waals surface area contributed by atoms with Crippen molar-refractivity contribution in [1.29, 1.82) is 0 Å². The van der Waals surface area contributed by atoms with Crippen molar-refractivity contribution in [3.8, 4) is 5.75 Å². The molecule has 1 nitrogen and oxygen atoms in total. The lowest BCUT2D eigenvalue weighted by atomic mass is 10.2. The van der Waals surface area contributed by atoms with Gasteiger partial charge in [0.1, 0.15) is 0 Å². The van der Waals surface area contributed by atoms with Crippen LogP contribution in [-0.4, -0.2) is 16.4 Å². The van der Waals surface area contributed by atoms with E-state index >= 15 is 0 Å². The summed E-state index contributed by atoms with van der Waals surface area (Å²) in [5.74, 6) is -7.00. The van der Waals surface area contributed by atoms with Gasteiger partial charge in [-0.1, -0.05) is 105 Å². The predicted molar refractivity (Wildman–Crippen MR) is 132 cm³/mol. The van der Waals surface area contributed by atoms with Crippen LogP contribution in [0.4, 0.5) is 17.6 Å². The van der Waals surface area contributed by atoms with E-state index < -0.39 is 45.4 Å². The van der Waals surface area contributed by atoms with Crippen molar-refractivity contribution in [2.75, 3.05) is 0 Å². The highest BCUT2D eigenvalue weighted by Crippen LogP contribution is 2.49. The number of hydrogen-bond acceptors (Lipinski definition) is 1. The van der Waals surface area contributed by atoms with E-state index in [1.165, 1.54) is 36.7 Å². The molecule has 185 valence electrons. The molecule has 32 heavy (non-hydrogen) atoms. The Morgan fingerprint density at radius 3 is 1.59 bits per heavy atom. The molecule has 1 unspecified atom stereocenters. The second-order valence-electron chi connectivity index (χ2n) is 10.6. The van der Waals surface area contributed by atoms with Gasteiger partial charge in [-0.15, -0.1) is 0 Å². The maximum Gasteiger partial charge on any atom is 0.259 e. The maximum absolute atomic E-state index is 14.4. The summed E-state index contributed by atoms with van der Waals surface area (Å²) in [7, 11) is -3.97. The van der Waals surface area contributed by atoms with Crippen molar-refractivity contribution in [1.82, 2.24) is 0 Å². The van der Waals surface area contributed by atoms with Crippen molar-refractivity contribution < 1.29 is 22.0 Å². The van der Waals surface area contributed by atoms with E-state index in [1.807, 2.05) is 34.6 Å². The van der Waals surface area contributed by atoms with Gasteiger partial charge < -0.3 is 4.43 Å². The molecule has 0 fully saturated rings. The van der Waals surface area contributed by atoms with Gasteiger partial charge in [-0.3, -0.25) is 0 Å². The standard InChI is InChI=1S/C25H43F4OSi2/c1-9-31(10-2,11-3)16-14-12-13-15-17-32(19(4)5,25(6,7)8)30-24-22(28)20(26)18-21(27)23(24)29/h19H,9-17H2,1-8H3. The summed E-state index contributed by atoms with van der Waals surface area (Å²) in [6.07, 6.45) is 4.27. The van der Waals surface area contributed by atoms with E-state index in [0.29, 0.717) is 6.04 Å². The molecule has 1 rings (SSSR count). The third kappa shape index (κ3) is 6.61. The first-order valence-electron chi connectivity index (χ1n) is 12.2. The van der Waals surface area contributed by atoms with Gasteiger partial charge in [-0.2, -0.15) is 8.78 Å². The fourth-order valence-electron chi connectivity index (χ4n) is 5.15. The van der Waals surface area contributed by atoms with Crippen LogP contribution in [0.5, 0.6) is 5.75 Å². The minimum atomic E-state index is -2.86. The van der Waals surface area contributed by atoms with Crippen molar-refractivity contribution >= 4 is 16.4 Å². The Hall–Kier alpha value is -0.826. The lowest BCUT2D eigenvalue weighted by molar-refractivity contribution is 0.364. The van der Waals surface area contributed by atoms with Gasteiger partial charge in [0.15, 0.2) is 17.4 Å². The first-order chi connectivity index (χ1) is 14.8. The molecule has 1 radical (unpaired) electrons. The Balaban J connectivity index is 2.99. The molecule has 0 spiro atoms. The predicted octanol–water partition coefficient (Wildman–Crippen LogP) is 9.65. The third-order valence-corrected chi connectivity index (χ3v) is 19.7. The summed E-state index contributed by atoms with van der Waals surface area (Å²) in [6.45, 7) is 17.0. The number of rotatable bonds is 13. The molecule has 0 bridgehead atoms. The quantitative estimate of drug-likeness (QED) is 0.115. The molecule has 1 aromatic rings. The highest BCUT2D eigenvalue weighted by atomic mass is 28.4. The summed E-state index contributed by atoms with van der Waals surface area (Å²) in [5.41, 5.74) is 0.0111. The molecule has 0 aliphatic rings. The van der Waals surface area contributed by atoms with Crippen molar-refractivity contribution in [3.05, 3.63) is 29.3 Å². The van der Waals surface area contributed by atoms with E-state index in [9.17, 15) is 17.6 Å². The number of hydrogen-bond donors (Lipinski definition) is 0. The monoisotopic (exact) mass is 491 g/mol. The SMILES string of the molecule is CC[Si](CC)(CC)CCCCCC[Si](Oc1c(F)c(F)[c]c(F)c1F)(C(C)C)C(C)(C)C. The minimum Gasteiger partial charge on any atom is -0.539 e. The van der Waals surface area contributed by atoms with E-state index in [1.54, 1.807) is 0 Å². The van der Waals surface area contributed by atoms with Crippen molar-refractivity contribution in [2.24, 2.45) is 0 Å². The van der Waals surface area contributed by atoms with Gasteiger partial charge in [0.25, 0.3) is 8.32 Å². The zero-order valence-electron chi connectivity index (χ0n) is 21.4. The summed E-state index contributed by atoms with van der Waals surface area (Å²) >= 11 is 0. The van der Waals surface area contributed by atoms with Crippen LogP contribution < -0.4 is 4.43 Å². The Morgan fingerprint density at radius 2 is 1.22 bits per heavy atom. The molecule has 7 heteroatoms. The molecule has 1 atom stereocenters. The molecule has 1 aromatic carbocycles. The minimum absolute atomic E-state index is 0.0111. The Kier molecular flexibility index (Phi) is 11.0. The molecule has 0 saturated carbocycles. The highest BCUT2D eigenvalue weighted by Gasteiger charge is 2.51. The molecule has 0 aliphatic carbocycles. The van der Waals surface area contributed by atoms with Crippen LogP contribution in [0, 0.1) is 29.3 Å². The first kappa shape index (κ1) is 29.2. The molecule has 0 N–H and O–H groups in total. The van der Waals surface area contributed by atoms with Crippen LogP contribution in [0.2, 0.25) is 40.8 Å². The van der Waals surface area contributed by atoms with Gasteiger partial charge in [-0.25, -0.2) is 8.78 Å². The van der Waals surface area contributed by atoms with Crippen molar-refractivity contribution in [2.45, 2.75) is 122 Å². The smallest absolute Gasteiger partial charge is 0.259 e. The maximum atomic E-state index is 14.4. The van der Waals surface area contributed by atoms with Crippen LogP contribution in [-0.2, 0) is 0 Å². The topological polar surface area (TPSA) is 9.23 Å². The van der Waals surface area contributed by atoms with Crippen molar-refractivity contribution in [3.63, 3.8) is 0 Å². The van der Waals surface area contributed by atoms with E-state index in [0.717, 1.165) is 19.3 Å². The van der Waals surface area contributed by atoms with Gasteiger partial charge in [0, 0.05) is 0 Å². The largest absolute Gasteiger partial charge is 0.539 e. The summed E-state index contributed by atoms with van der Waals surface area (Å²) in [6, 6.07) is 7.49. The Bertz CT molecular complexity index is 695. The normalized spacial score (nSPS) is 14.7. The number of benzene rings is 1. The molecule has 0 heterocycles. The van der Waals surface area contributed by atoms with Crippen LogP contribution in [0.1, 0.15) is 81.1 Å². The second-order valence-corrected chi connectivity index (χ2v) is 21.3. The molecule has 0 saturated heterocycles. The van der Waals surface area contributed by atoms with Gasteiger partial charge in [0.05, 0.1) is 14.1 Å². The second kappa shape index (κ2) is 12.0.